The minimum absolute atomic E-state index is 0.0269. The number of nitrogens with zero attached hydrogens (tertiary/aromatic N) is 2. The van der Waals surface area contributed by atoms with Crippen LogP contribution in [0.5, 0.6) is 0 Å². The molecule has 1 aromatic rings. The molecule has 1 heterocycles. The Morgan fingerprint density at radius 1 is 1.30 bits per heavy atom. The summed E-state index contributed by atoms with van der Waals surface area (Å²) >= 11 is 0. The first-order chi connectivity index (χ1) is 9.61. The van der Waals surface area contributed by atoms with Crippen molar-refractivity contribution in [2.75, 3.05) is 5.32 Å². The molecule has 3 amide bonds. The van der Waals surface area contributed by atoms with E-state index < -0.39 is 5.91 Å². The summed E-state index contributed by atoms with van der Waals surface area (Å²) in [6, 6.07) is 6.37. The molecule has 0 spiro atoms. The van der Waals surface area contributed by atoms with E-state index in [1.807, 2.05) is 0 Å². The third-order valence-electron chi connectivity index (χ3n) is 3.35. The number of rotatable bonds is 3. The van der Waals surface area contributed by atoms with E-state index in [0.29, 0.717) is 16.8 Å². The number of fused-ring (bicyclic) bond motifs is 1. The number of carbonyl (C=O) groups excluding carboxylic acids is 3. The lowest BCUT2D eigenvalue weighted by atomic mass is 10.1. The highest BCUT2D eigenvalue weighted by Gasteiger charge is 2.44. The Balaban J connectivity index is 1.88. The van der Waals surface area contributed by atoms with Gasteiger partial charge in [-0.15, -0.1) is 0 Å². The number of imide groups is 1. The Labute approximate surface area is 115 Å². The number of nitriles is 1. The van der Waals surface area contributed by atoms with Crippen LogP contribution in [0.25, 0.3) is 0 Å². The van der Waals surface area contributed by atoms with Crippen LogP contribution in [-0.4, -0.2) is 28.7 Å². The Morgan fingerprint density at radius 2 is 2.00 bits per heavy atom. The molecule has 3 rings (SSSR count). The minimum Gasteiger partial charge on any atom is -0.325 e. The first-order valence-corrected chi connectivity index (χ1v) is 6.30. The van der Waals surface area contributed by atoms with E-state index in [2.05, 4.69) is 5.32 Å². The van der Waals surface area contributed by atoms with Crippen LogP contribution in [0.1, 0.15) is 40.0 Å². The van der Waals surface area contributed by atoms with Crippen molar-refractivity contribution in [2.45, 2.75) is 25.3 Å². The topological polar surface area (TPSA) is 90.3 Å². The number of benzene rings is 1. The molecule has 6 nitrogen and oxygen atoms in total. The standard InChI is InChI=1S/C14H11N3O3/c15-6-5-12(18)16-8-1-4-10-11(7-8)14(20)17(13(10)19)9-2-3-9/h1,4,7,9H,2-3,5H2,(H,16,18). The van der Waals surface area contributed by atoms with Gasteiger partial charge in [-0.2, -0.15) is 5.26 Å². The minimum atomic E-state index is -0.441. The summed E-state index contributed by atoms with van der Waals surface area (Å²) in [5, 5.41) is 11.0. The summed E-state index contributed by atoms with van der Waals surface area (Å²) in [6.07, 6.45) is 1.46. The van der Waals surface area contributed by atoms with Crippen molar-refractivity contribution in [2.24, 2.45) is 0 Å². The maximum atomic E-state index is 12.2. The van der Waals surface area contributed by atoms with E-state index in [4.69, 9.17) is 5.26 Å². The molecule has 1 aromatic carbocycles. The van der Waals surface area contributed by atoms with Crippen molar-refractivity contribution in [3.63, 3.8) is 0 Å². The van der Waals surface area contributed by atoms with Gasteiger partial charge in [0.25, 0.3) is 11.8 Å². The Bertz CT molecular complexity index is 671. The predicted molar refractivity (Wildman–Crippen MR) is 68.8 cm³/mol. The first-order valence-electron chi connectivity index (χ1n) is 6.30. The van der Waals surface area contributed by atoms with Crippen LogP contribution in [-0.2, 0) is 4.79 Å². The summed E-state index contributed by atoms with van der Waals surface area (Å²) in [6.45, 7) is 0. The van der Waals surface area contributed by atoms with Crippen molar-refractivity contribution in [1.82, 2.24) is 4.90 Å². The fraction of sp³-hybridized carbons (Fsp3) is 0.286. The highest BCUT2D eigenvalue weighted by molar-refractivity contribution is 6.22. The van der Waals surface area contributed by atoms with E-state index in [1.54, 1.807) is 18.2 Å². The van der Waals surface area contributed by atoms with Crippen molar-refractivity contribution in [3.8, 4) is 6.07 Å². The van der Waals surface area contributed by atoms with Gasteiger partial charge in [-0.05, 0) is 31.0 Å². The molecule has 1 aliphatic heterocycles. The van der Waals surface area contributed by atoms with Crippen LogP contribution in [0, 0.1) is 11.3 Å². The van der Waals surface area contributed by atoms with Crippen molar-refractivity contribution >= 4 is 23.4 Å². The van der Waals surface area contributed by atoms with Crippen LogP contribution in [0.15, 0.2) is 18.2 Å². The number of nitrogens with one attached hydrogen (secondary N) is 1. The molecule has 0 bridgehead atoms. The van der Waals surface area contributed by atoms with Crippen molar-refractivity contribution < 1.29 is 14.4 Å². The van der Waals surface area contributed by atoms with Crippen LogP contribution in [0.2, 0.25) is 0 Å². The van der Waals surface area contributed by atoms with Gasteiger partial charge in [-0.1, -0.05) is 0 Å². The van der Waals surface area contributed by atoms with E-state index in [1.165, 1.54) is 11.0 Å². The molecular formula is C14H11N3O3. The Morgan fingerprint density at radius 3 is 2.65 bits per heavy atom. The molecule has 0 radical (unpaired) electrons. The van der Waals surface area contributed by atoms with Crippen molar-refractivity contribution in [3.05, 3.63) is 29.3 Å². The second-order valence-corrected chi connectivity index (χ2v) is 4.85. The summed E-state index contributed by atoms with van der Waals surface area (Å²) in [5.41, 5.74) is 1.11. The summed E-state index contributed by atoms with van der Waals surface area (Å²) in [7, 11) is 0. The lowest BCUT2D eigenvalue weighted by Crippen LogP contribution is -2.31. The van der Waals surface area contributed by atoms with Gasteiger partial charge in [0.1, 0.15) is 6.42 Å². The Hall–Kier alpha value is -2.68. The van der Waals surface area contributed by atoms with Gasteiger partial charge in [0.05, 0.1) is 17.2 Å². The number of hydrogen-bond donors (Lipinski definition) is 1. The van der Waals surface area contributed by atoms with E-state index in [-0.39, 0.29) is 24.3 Å². The van der Waals surface area contributed by atoms with Gasteiger partial charge < -0.3 is 5.32 Å². The molecule has 0 aromatic heterocycles. The number of carbonyl (C=O) groups is 3. The average molecular weight is 269 g/mol. The molecule has 1 aliphatic carbocycles. The van der Waals surface area contributed by atoms with Crippen LogP contribution in [0.3, 0.4) is 0 Å². The normalized spacial score (nSPS) is 16.9. The predicted octanol–water partition coefficient (Wildman–Crippen LogP) is 1.30. The zero-order valence-electron chi connectivity index (χ0n) is 10.5. The van der Waals surface area contributed by atoms with Gasteiger partial charge >= 0.3 is 0 Å². The third kappa shape index (κ3) is 1.93. The van der Waals surface area contributed by atoms with Gasteiger partial charge in [0.2, 0.25) is 5.91 Å². The molecule has 20 heavy (non-hydrogen) atoms. The van der Waals surface area contributed by atoms with E-state index >= 15 is 0 Å². The SMILES string of the molecule is N#CCC(=O)Nc1ccc2c(c1)C(=O)N(C1CC1)C2=O. The lowest BCUT2D eigenvalue weighted by Gasteiger charge is -2.11. The molecule has 1 saturated carbocycles. The summed E-state index contributed by atoms with van der Waals surface area (Å²) < 4.78 is 0. The van der Waals surface area contributed by atoms with Gasteiger partial charge in [0.15, 0.2) is 0 Å². The number of amides is 3. The number of anilines is 1. The maximum absolute atomic E-state index is 12.2. The first kappa shape index (κ1) is 12.4. The monoisotopic (exact) mass is 269 g/mol. The second kappa shape index (κ2) is 4.46. The zero-order chi connectivity index (χ0) is 14.3. The highest BCUT2D eigenvalue weighted by Crippen LogP contribution is 2.35. The van der Waals surface area contributed by atoms with Gasteiger partial charge in [-0.3, -0.25) is 19.3 Å². The smallest absolute Gasteiger partial charge is 0.261 e. The quantitative estimate of drug-likeness (QED) is 0.837. The highest BCUT2D eigenvalue weighted by atomic mass is 16.2. The number of hydrogen-bond acceptors (Lipinski definition) is 4. The molecule has 100 valence electrons. The van der Waals surface area contributed by atoms with Crippen LogP contribution >= 0.6 is 0 Å². The van der Waals surface area contributed by atoms with E-state index in [9.17, 15) is 14.4 Å². The Kier molecular flexibility index (Phi) is 2.75. The second-order valence-electron chi connectivity index (χ2n) is 4.85. The van der Waals surface area contributed by atoms with Gasteiger partial charge in [0, 0.05) is 11.7 Å². The molecule has 1 fully saturated rings. The zero-order valence-corrected chi connectivity index (χ0v) is 10.5. The fourth-order valence-corrected chi connectivity index (χ4v) is 2.28. The van der Waals surface area contributed by atoms with Crippen molar-refractivity contribution in [1.29, 1.82) is 5.26 Å². The van der Waals surface area contributed by atoms with E-state index in [0.717, 1.165) is 12.8 Å². The fourth-order valence-electron chi connectivity index (χ4n) is 2.28. The maximum Gasteiger partial charge on any atom is 0.261 e. The molecular weight excluding hydrogens is 258 g/mol. The lowest BCUT2D eigenvalue weighted by molar-refractivity contribution is -0.115. The molecule has 6 heteroatoms. The molecule has 0 atom stereocenters. The average Bonchev–Trinajstić information content (AvgIpc) is 3.20. The van der Waals surface area contributed by atoms with Crippen LogP contribution < -0.4 is 5.32 Å². The van der Waals surface area contributed by atoms with Crippen LogP contribution in [0.4, 0.5) is 5.69 Å². The molecule has 0 saturated heterocycles. The van der Waals surface area contributed by atoms with Gasteiger partial charge in [-0.25, -0.2) is 0 Å². The molecule has 2 aliphatic rings. The molecule has 1 N–H and O–H groups in total. The molecule has 0 unspecified atom stereocenters. The summed E-state index contributed by atoms with van der Waals surface area (Å²) in [5.74, 6) is -1.01. The summed E-state index contributed by atoms with van der Waals surface area (Å²) in [4.78, 5) is 36.9. The third-order valence-corrected chi connectivity index (χ3v) is 3.35. The largest absolute Gasteiger partial charge is 0.325 e.